The van der Waals surface area contributed by atoms with Crippen LogP contribution in [-0.2, 0) is 0 Å². The van der Waals surface area contributed by atoms with E-state index in [4.69, 9.17) is 11.6 Å². The van der Waals surface area contributed by atoms with Crippen LogP contribution in [0.1, 0.15) is 30.7 Å². The number of alkyl halides is 1. The first-order valence-electron chi connectivity index (χ1n) is 8.70. The van der Waals surface area contributed by atoms with Gasteiger partial charge in [0, 0.05) is 18.0 Å². The number of aromatic nitrogens is 3. The third kappa shape index (κ3) is 2.65. The zero-order chi connectivity index (χ0) is 17.8. The Hall–Kier alpha value is -2.47. The number of fused-ring (bicyclic) bond motifs is 1. The summed E-state index contributed by atoms with van der Waals surface area (Å²) in [6, 6.07) is 9.23. The van der Waals surface area contributed by atoms with Gasteiger partial charge in [0.05, 0.1) is 17.2 Å². The van der Waals surface area contributed by atoms with E-state index in [1.807, 2.05) is 12.1 Å². The Morgan fingerprint density at radius 2 is 2.08 bits per heavy atom. The summed E-state index contributed by atoms with van der Waals surface area (Å²) in [5.74, 6) is 0.962. The molecule has 2 atom stereocenters. The van der Waals surface area contributed by atoms with Crippen LogP contribution in [0.15, 0.2) is 41.3 Å². The molecule has 0 bridgehead atoms. The molecule has 2 aliphatic rings. The SMILES string of the molecule is O=c1nc(N[C@H]2C[C@H]2F)c2ccc(C3CC3)cc2n1-c1cccnc1Cl. The maximum atomic E-state index is 13.3. The highest BCUT2D eigenvalue weighted by Crippen LogP contribution is 2.41. The van der Waals surface area contributed by atoms with Crippen LogP contribution in [0.5, 0.6) is 0 Å². The lowest BCUT2D eigenvalue weighted by molar-refractivity contribution is 0.472. The third-order valence-electron chi connectivity index (χ3n) is 4.98. The molecule has 2 heterocycles. The second-order valence-corrected chi connectivity index (χ2v) is 7.30. The zero-order valence-corrected chi connectivity index (χ0v) is 14.6. The van der Waals surface area contributed by atoms with Gasteiger partial charge in [0.1, 0.15) is 12.0 Å². The van der Waals surface area contributed by atoms with Crippen LogP contribution in [0, 0.1) is 0 Å². The van der Waals surface area contributed by atoms with Gasteiger partial charge in [-0.25, -0.2) is 14.2 Å². The van der Waals surface area contributed by atoms with Crippen molar-refractivity contribution in [1.82, 2.24) is 14.5 Å². The monoisotopic (exact) mass is 370 g/mol. The highest BCUT2D eigenvalue weighted by molar-refractivity contribution is 6.31. The van der Waals surface area contributed by atoms with Crippen LogP contribution in [0.2, 0.25) is 5.15 Å². The summed E-state index contributed by atoms with van der Waals surface area (Å²) in [5, 5.41) is 4.07. The van der Waals surface area contributed by atoms with Gasteiger partial charge in [-0.3, -0.25) is 4.57 Å². The Morgan fingerprint density at radius 3 is 2.77 bits per heavy atom. The average molecular weight is 371 g/mol. The summed E-state index contributed by atoms with van der Waals surface area (Å²) in [4.78, 5) is 21.1. The van der Waals surface area contributed by atoms with Crippen molar-refractivity contribution in [1.29, 1.82) is 0 Å². The van der Waals surface area contributed by atoms with Gasteiger partial charge in [0.2, 0.25) is 0 Å². The molecule has 132 valence electrons. The number of hydrogen-bond donors (Lipinski definition) is 1. The number of nitrogens with one attached hydrogen (secondary N) is 1. The summed E-state index contributed by atoms with van der Waals surface area (Å²) >= 11 is 6.24. The largest absolute Gasteiger partial charge is 0.364 e. The molecule has 2 fully saturated rings. The number of rotatable bonds is 4. The lowest BCUT2D eigenvalue weighted by atomic mass is 10.1. The minimum atomic E-state index is -0.882. The Kier molecular flexibility index (Phi) is 3.50. The van der Waals surface area contributed by atoms with Crippen molar-refractivity contribution in [3.63, 3.8) is 0 Å². The van der Waals surface area contributed by atoms with Crippen LogP contribution < -0.4 is 11.0 Å². The van der Waals surface area contributed by atoms with E-state index < -0.39 is 11.9 Å². The summed E-state index contributed by atoms with van der Waals surface area (Å²) in [7, 11) is 0. The van der Waals surface area contributed by atoms with E-state index in [0.29, 0.717) is 29.4 Å². The Labute approximate surface area is 153 Å². The second kappa shape index (κ2) is 5.77. The fourth-order valence-electron chi connectivity index (χ4n) is 3.29. The normalized spacial score (nSPS) is 21.8. The molecule has 2 aromatic heterocycles. The smallest absolute Gasteiger partial charge is 0.354 e. The predicted molar refractivity (Wildman–Crippen MR) is 99.0 cm³/mol. The molecule has 3 aromatic rings. The van der Waals surface area contributed by atoms with E-state index in [-0.39, 0.29) is 11.2 Å². The molecule has 26 heavy (non-hydrogen) atoms. The van der Waals surface area contributed by atoms with Crippen molar-refractivity contribution in [2.24, 2.45) is 0 Å². The molecule has 2 saturated carbocycles. The van der Waals surface area contributed by atoms with Crippen LogP contribution in [0.4, 0.5) is 10.2 Å². The Bertz CT molecular complexity index is 1080. The number of benzene rings is 1. The van der Waals surface area contributed by atoms with Crippen molar-refractivity contribution in [3.05, 3.63) is 57.7 Å². The molecular weight excluding hydrogens is 355 g/mol. The average Bonchev–Trinajstić information content (AvgIpc) is 3.54. The maximum absolute atomic E-state index is 13.3. The fraction of sp³-hybridized carbons (Fsp3) is 0.316. The van der Waals surface area contributed by atoms with Gasteiger partial charge in [-0.05, 0) is 48.6 Å². The standard InChI is InChI=1S/C19H16ClFN4O/c20-17-15(2-1-7-22-17)25-16-8-11(10-3-4-10)5-6-12(16)18(24-19(25)26)23-14-9-13(14)21/h1-2,5-8,10,13-14H,3-4,9H2,(H,23,24,26)/t13-,14+/m1/s1. The molecule has 0 unspecified atom stereocenters. The van der Waals surface area contributed by atoms with E-state index in [9.17, 15) is 9.18 Å². The molecule has 0 radical (unpaired) electrons. The maximum Gasteiger partial charge on any atom is 0.354 e. The molecule has 0 spiro atoms. The predicted octanol–water partition coefficient (Wildman–Crippen LogP) is 3.83. The van der Waals surface area contributed by atoms with Crippen LogP contribution in [0.3, 0.4) is 0 Å². The summed E-state index contributed by atoms with van der Waals surface area (Å²) < 4.78 is 14.8. The van der Waals surface area contributed by atoms with Gasteiger partial charge in [-0.2, -0.15) is 4.98 Å². The molecule has 1 aromatic carbocycles. The minimum Gasteiger partial charge on any atom is -0.364 e. The summed E-state index contributed by atoms with van der Waals surface area (Å²) in [5.41, 5.74) is 1.94. The van der Waals surface area contributed by atoms with E-state index in [0.717, 1.165) is 18.2 Å². The Balaban J connectivity index is 1.76. The molecule has 7 heteroatoms. The molecule has 0 saturated heterocycles. The van der Waals surface area contributed by atoms with Crippen molar-refractivity contribution in [2.75, 3.05) is 5.32 Å². The first kappa shape index (κ1) is 15.8. The number of pyridine rings is 1. The van der Waals surface area contributed by atoms with E-state index in [1.54, 1.807) is 18.3 Å². The van der Waals surface area contributed by atoms with E-state index >= 15 is 0 Å². The van der Waals surface area contributed by atoms with Crippen LogP contribution >= 0.6 is 11.6 Å². The van der Waals surface area contributed by atoms with Crippen LogP contribution in [-0.4, -0.2) is 26.7 Å². The molecule has 5 nitrogen and oxygen atoms in total. The molecule has 0 amide bonds. The first-order valence-corrected chi connectivity index (χ1v) is 9.08. The van der Waals surface area contributed by atoms with E-state index in [1.165, 1.54) is 10.1 Å². The Morgan fingerprint density at radius 1 is 1.27 bits per heavy atom. The van der Waals surface area contributed by atoms with Gasteiger partial charge < -0.3 is 5.32 Å². The lowest BCUT2D eigenvalue weighted by Gasteiger charge is -2.15. The van der Waals surface area contributed by atoms with Crippen molar-refractivity contribution in [3.8, 4) is 5.69 Å². The number of nitrogens with zero attached hydrogens (tertiary/aromatic N) is 3. The number of anilines is 1. The molecule has 0 aliphatic heterocycles. The molecule has 5 rings (SSSR count). The van der Waals surface area contributed by atoms with Gasteiger partial charge in [0.15, 0.2) is 5.15 Å². The highest BCUT2D eigenvalue weighted by atomic mass is 35.5. The summed E-state index contributed by atoms with van der Waals surface area (Å²) in [6.45, 7) is 0. The molecular formula is C19H16ClFN4O. The first-order chi connectivity index (χ1) is 12.6. The summed E-state index contributed by atoms with van der Waals surface area (Å²) in [6.07, 6.45) is 3.46. The quantitative estimate of drug-likeness (QED) is 0.709. The van der Waals surface area contributed by atoms with Gasteiger partial charge >= 0.3 is 5.69 Å². The van der Waals surface area contributed by atoms with Crippen LogP contribution in [0.25, 0.3) is 16.6 Å². The van der Waals surface area contributed by atoms with Gasteiger partial charge in [0.25, 0.3) is 0 Å². The van der Waals surface area contributed by atoms with Crippen molar-refractivity contribution in [2.45, 2.75) is 37.4 Å². The lowest BCUT2D eigenvalue weighted by Crippen LogP contribution is -2.24. The third-order valence-corrected chi connectivity index (χ3v) is 5.27. The molecule has 2 aliphatic carbocycles. The number of halogens is 2. The second-order valence-electron chi connectivity index (χ2n) is 6.95. The highest BCUT2D eigenvalue weighted by Gasteiger charge is 2.38. The number of hydrogen-bond acceptors (Lipinski definition) is 4. The van der Waals surface area contributed by atoms with Crippen molar-refractivity contribution >= 4 is 28.3 Å². The van der Waals surface area contributed by atoms with Crippen molar-refractivity contribution < 1.29 is 4.39 Å². The van der Waals surface area contributed by atoms with Gasteiger partial charge in [-0.1, -0.05) is 17.7 Å². The molecule has 1 N–H and O–H groups in total. The zero-order valence-electron chi connectivity index (χ0n) is 13.8. The van der Waals surface area contributed by atoms with E-state index in [2.05, 4.69) is 21.4 Å². The topological polar surface area (TPSA) is 59.8 Å². The minimum absolute atomic E-state index is 0.237. The fourth-order valence-corrected chi connectivity index (χ4v) is 3.49. The van der Waals surface area contributed by atoms with Gasteiger partial charge in [-0.15, -0.1) is 0 Å².